The molecule has 0 bridgehead atoms. The van der Waals surface area contributed by atoms with Crippen molar-refractivity contribution in [1.29, 1.82) is 0 Å². The third-order valence-corrected chi connectivity index (χ3v) is 4.34. The van der Waals surface area contributed by atoms with E-state index in [0.29, 0.717) is 0 Å². The zero-order chi connectivity index (χ0) is 17.6. The van der Waals surface area contributed by atoms with Crippen LogP contribution in [0.3, 0.4) is 0 Å². The van der Waals surface area contributed by atoms with Crippen LogP contribution in [0.5, 0.6) is 0 Å². The normalized spacial score (nSPS) is 10.7. The van der Waals surface area contributed by atoms with Crippen molar-refractivity contribution in [2.45, 2.75) is 6.42 Å². The molecule has 0 heterocycles. The summed E-state index contributed by atoms with van der Waals surface area (Å²) in [5.41, 5.74) is 6.83. The summed E-state index contributed by atoms with van der Waals surface area (Å²) in [5, 5.41) is 0. The summed E-state index contributed by atoms with van der Waals surface area (Å²) in [6.45, 7) is 7.19. The van der Waals surface area contributed by atoms with E-state index in [-0.39, 0.29) is 5.78 Å². The van der Waals surface area contributed by atoms with E-state index >= 15 is 0 Å². The quantitative estimate of drug-likeness (QED) is 0.336. The van der Waals surface area contributed by atoms with Gasteiger partial charge in [-0.05, 0) is 40.3 Å². The van der Waals surface area contributed by atoms with Gasteiger partial charge in [-0.15, -0.1) is 0 Å². The summed E-state index contributed by atoms with van der Waals surface area (Å²) < 4.78 is 0. The number of ketones is 1. The van der Waals surface area contributed by atoms with Crippen LogP contribution in [0.4, 0.5) is 0 Å². The van der Waals surface area contributed by atoms with Gasteiger partial charge in [0, 0.05) is 5.56 Å². The first-order chi connectivity index (χ1) is 12.2. The molecule has 1 heteroatoms. The number of carbonyl (C=O) groups excluding carboxylic acids is 1. The second kappa shape index (κ2) is 7.59. The molecule has 0 radical (unpaired) electrons. The minimum Gasteiger partial charge on any atom is -0.289 e. The molecule has 0 amide bonds. The molecule has 1 aliphatic carbocycles. The van der Waals surface area contributed by atoms with Crippen LogP contribution in [0.25, 0.3) is 17.2 Å². The molecule has 0 saturated heterocycles. The molecule has 3 aromatic rings. The second-order valence-corrected chi connectivity index (χ2v) is 5.85. The van der Waals surface area contributed by atoms with E-state index in [9.17, 15) is 4.79 Å². The highest BCUT2D eigenvalue weighted by molar-refractivity contribution is 6.07. The molecule has 1 aliphatic rings. The molecule has 0 saturated carbocycles. The molecule has 25 heavy (non-hydrogen) atoms. The molecule has 0 spiro atoms. The van der Waals surface area contributed by atoms with Gasteiger partial charge in [0.1, 0.15) is 0 Å². The van der Waals surface area contributed by atoms with Crippen LogP contribution in [0, 0.1) is 0 Å². The van der Waals surface area contributed by atoms with Gasteiger partial charge < -0.3 is 0 Å². The van der Waals surface area contributed by atoms with Crippen molar-refractivity contribution in [2.75, 3.05) is 0 Å². The predicted octanol–water partition coefficient (Wildman–Crippen LogP) is 5.96. The lowest BCUT2D eigenvalue weighted by Crippen LogP contribution is -1.99. The Labute approximate surface area is 149 Å². The summed E-state index contributed by atoms with van der Waals surface area (Å²) in [7, 11) is 0. The van der Waals surface area contributed by atoms with E-state index in [2.05, 4.69) is 31.4 Å². The Morgan fingerprint density at radius 2 is 1.48 bits per heavy atom. The zero-order valence-corrected chi connectivity index (χ0v) is 14.1. The fourth-order valence-corrected chi connectivity index (χ4v) is 3.09. The van der Waals surface area contributed by atoms with Crippen molar-refractivity contribution in [3.63, 3.8) is 0 Å². The van der Waals surface area contributed by atoms with Gasteiger partial charge in [-0.1, -0.05) is 92.0 Å². The van der Waals surface area contributed by atoms with Gasteiger partial charge >= 0.3 is 0 Å². The van der Waals surface area contributed by atoms with Crippen molar-refractivity contribution in [2.24, 2.45) is 0 Å². The molecular weight excluding hydrogens is 304 g/mol. The standard InChI is InChI=1S/C16H12O.C8H8/c1-2-16(17)14-9-5-8-13-12-7-4-3-6-11(12)10-15(13)14;1-2-8-6-4-3-5-7-8/h2-9H,1,10H2;2-7H,1H2. The molecule has 0 fully saturated rings. The van der Waals surface area contributed by atoms with Gasteiger partial charge in [0.25, 0.3) is 0 Å². The predicted molar refractivity (Wildman–Crippen MR) is 106 cm³/mol. The first-order valence-corrected chi connectivity index (χ1v) is 8.29. The molecule has 3 aromatic carbocycles. The van der Waals surface area contributed by atoms with Crippen LogP contribution in [0.2, 0.25) is 0 Å². The summed E-state index contributed by atoms with van der Waals surface area (Å²) in [6.07, 6.45) is 4.07. The Morgan fingerprint density at radius 1 is 0.800 bits per heavy atom. The largest absolute Gasteiger partial charge is 0.289 e. The Balaban J connectivity index is 0.000000192. The molecule has 0 aliphatic heterocycles. The Bertz CT molecular complexity index is 920. The lowest BCUT2D eigenvalue weighted by atomic mass is 9.98. The van der Waals surface area contributed by atoms with Crippen LogP contribution in [-0.4, -0.2) is 5.78 Å². The number of benzene rings is 3. The molecule has 0 aromatic heterocycles. The van der Waals surface area contributed by atoms with E-state index in [1.807, 2.05) is 60.7 Å². The average molecular weight is 324 g/mol. The van der Waals surface area contributed by atoms with Crippen LogP contribution >= 0.6 is 0 Å². The van der Waals surface area contributed by atoms with Crippen LogP contribution in [0.1, 0.15) is 27.0 Å². The van der Waals surface area contributed by atoms with Crippen LogP contribution in [-0.2, 0) is 6.42 Å². The van der Waals surface area contributed by atoms with Gasteiger partial charge in [0.2, 0.25) is 0 Å². The van der Waals surface area contributed by atoms with E-state index < -0.39 is 0 Å². The number of hydrogen-bond acceptors (Lipinski definition) is 1. The summed E-state index contributed by atoms with van der Waals surface area (Å²) in [5.74, 6) is 0.00894. The van der Waals surface area contributed by atoms with Gasteiger partial charge in [-0.3, -0.25) is 4.79 Å². The molecule has 0 N–H and O–H groups in total. The van der Waals surface area contributed by atoms with Crippen molar-refractivity contribution < 1.29 is 4.79 Å². The van der Waals surface area contributed by atoms with Gasteiger partial charge in [0.05, 0.1) is 0 Å². The molecule has 0 atom stereocenters. The third kappa shape index (κ3) is 3.51. The smallest absolute Gasteiger partial charge is 0.185 e. The van der Waals surface area contributed by atoms with E-state index in [4.69, 9.17) is 0 Å². The molecule has 0 unspecified atom stereocenters. The monoisotopic (exact) mass is 324 g/mol. The van der Waals surface area contributed by atoms with Crippen molar-refractivity contribution in [3.05, 3.63) is 114 Å². The lowest BCUT2D eigenvalue weighted by Gasteiger charge is -2.04. The SMILES string of the molecule is C=CC(=O)c1cccc2c1Cc1ccccc1-2.C=Cc1ccccc1. The number of carbonyl (C=O) groups is 1. The fourth-order valence-electron chi connectivity index (χ4n) is 3.09. The Morgan fingerprint density at radius 3 is 2.16 bits per heavy atom. The maximum absolute atomic E-state index is 11.8. The van der Waals surface area contributed by atoms with E-state index in [1.54, 1.807) is 0 Å². The maximum Gasteiger partial charge on any atom is 0.185 e. The molecular formula is C24H20O. The number of hydrogen-bond donors (Lipinski definition) is 0. The zero-order valence-electron chi connectivity index (χ0n) is 14.1. The molecule has 1 nitrogen and oxygen atoms in total. The number of allylic oxidation sites excluding steroid dienone is 1. The van der Waals surface area contributed by atoms with Crippen molar-refractivity contribution >= 4 is 11.9 Å². The first-order valence-electron chi connectivity index (χ1n) is 8.29. The van der Waals surface area contributed by atoms with Crippen LogP contribution in [0.15, 0.2) is 92.0 Å². The van der Waals surface area contributed by atoms with Crippen molar-refractivity contribution in [1.82, 2.24) is 0 Å². The Hall–Kier alpha value is -3.19. The summed E-state index contributed by atoms with van der Waals surface area (Å²) in [4.78, 5) is 11.8. The maximum atomic E-state index is 11.8. The minimum atomic E-state index is 0.00894. The highest BCUT2D eigenvalue weighted by Gasteiger charge is 2.21. The fraction of sp³-hybridized carbons (Fsp3) is 0.0417. The minimum absolute atomic E-state index is 0.00894. The van der Waals surface area contributed by atoms with Crippen LogP contribution < -0.4 is 0 Å². The lowest BCUT2D eigenvalue weighted by molar-refractivity contribution is 0.104. The third-order valence-electron chi connectivity index (χ3n) is 4.34. The van der Waals surface area contributed by atoms with E-state index in [0.717, 1.165) is 17.5 Å². The van der Waals surface area contributed by atoms with Gasteiger partial charge in [-0.2, -0.15) is 0 Å². The average Bonchev–Trinajstić information content (AvgIpc) is 3.07. The number of rotatable bonds is 3. The molecule has 122 valence electrons. The summed E-state index contributed by atoms with van der Waals surface area (Å²) >= 11 is 0. The molecule has 4 rings (SSSR count). The van der Waals surface area contributed by atoms with Gasteiger partial charge in [0.15, 0.2) is 5.78 Å². The second-order valence-electron chi connectivity index (χ2n) is 5.85. The first kappa shape index (κ1) is 16.7. The van der Waals surface area contributed by atoms with Gasteiger partial charge in [-0.25, -0.2) is 0 Å². The summed E-state index contributed by atoms with van der Waals surface area (Å²) in [6, 6.07) is 24.3. The Kier molecular flexibility index (Phi) is 5.06. The number of fused-ring (bicyclic) bond motifs is 3. The highest BCUT2D eigenvalue weighted by atomic mass is 16.1. The topological polar surface area (TPSA) is 17.1 Å². The van der Waals surface area contributed by atoms with E-state index in [1.165, 1.54) is 28.3 Å². The van der Waals surface area contributed by atoms with Crippen molar-refractivity contribution in [3.8, 4) is 11.1 Å². The highest BCUT2D eigenvalue weighted by Crippen LogP contribution is 2.38.